The Morgan fingerprint density at radius 1 is 1.28 bits per heavy atom. The summed E-state index contributed by atoms with van der Waals surface area (Å²) in [6.45, 7) is 0. The molecule has 1 saturated heterocycles. The summed E-state index contributed by atoms with van der Waals surface area (Å²) < 4.78 is 10.4. The van der Waals surface area contributed by atoms with Gasteiger partial charge in [0, 0.05) is 0 Å². The maximum atomic E-state index is 12.5. The van der Waals surface area contributed by atoms with Crippen LogP contribution in [0.15, 0.2) is 18.2 Å². The SMILES string of the molecule is COc1ccc(OC)c(C(=O)C2CCCCS2)c1. The first-order valence-electron chi connectivity index (χ1n) is 6.14. The van der Waals surface area contributed by atoms with Gasteiger partial charge < -0.3 is 9.47 Å². The number of ketones is 1. The van der Waals surface area contributed by atoms with Gasteiger partial charge in [-0.05, 0) is 36.8 Å². The number of benzene rings is 1. The van der Waals surface area contributed by atoms with E-state index in [1.165, 1.54) is 6.42 Å². The molecule has 0 aliphatic carbocycles. The average Bonchev–Trinajstić information content (AvgIpc) is 2.46. The van der Waals surface area contributed by atoms with Crippen LogP contribution >= 0.6 is 11.8 Å². The Balaban J connectivity index is 2.26. The Morgan fingerprint density at radius 2 is 2.11 bits per heavy atom. The summed E-state index contributed by atoms with van der Waals surface area (Å²) in [4.78, 5) is 12.5. The monoisotopic (exact) mass is 266 g/mol. The Hall–Kier alpha value is -1.16. The van der Waals surface area contributed by atoms with Crippen molar-refractivity contribution in [1.82, 2.24) is 0 Å². The lowest BCUT2D eigenvalue weighted by Gasteiger charge is -2.21. The van der Waals surface area contributed by atoms with Crippen molar-refractivity contribution in [1.29, 1.82) is 0 Å². The highest BCUT2D eigenvalue weighted by atomic mass is 32.2. The van der Waals surface area contributed by atoms with E-state index < -0.39 is 0 Å². The van der Waals surface area contributed by atoms with Crippen molar-refractivity contribution in [3.8, 4) is 11.5 Å². The fraction of sp³-hybridized carbons (Fsp3) is 0.500. The maximum absolute atomic E-state index is 12.5. The number of thioether (sulfide) groups is 1. The molecule has 0 aromatic heterocycles. The summed E-state index contributed by atoms with van der Waals surface area (Å²) in [5.41, 5.74) is 0.635. The molecular formula is C14H18O3S. The molecule has 1 aromatic rings. The fourth-order valence-corrected chi connectivity index (χ4v) is 3.39. The summed E-state index contributed by atoms with van der Waals surface area (Å²) in [6, 6.07) is 5.37. The molecule has 0 spiro atoms. The number of hydrogen-bond acceptors (Lipinski definition) is 4. The molecule has 1 unspecified atom stereocenters. The molecule has 1 aromatic carbocycles. The highest BCUT2D eigenvalue weighted by Gasteiger charge is 2.25. The molecule has 1 heterocycles. The number of carbonyl (C=O) groups excluding carboxylic acids is 1. The van der Waals surface area contributed by atoms with Gasteiger partial charge in [0.25, 0.3) is 0 Å². The third kappa shape index (κ3) is 2.80. The molecule has 2 rings (SSSR count). The first-order valence-corrected chi connectivity index (χ1v) is 7.19. The zero-order valence-corrected chi connectivity index (χ0v) is 11.6. The number of methoxy groups -OCH3 is 2. The molecule has 0 N–H and O–H groups in total. The van der Waals surface area contributed by atoms with Gasteiger partial charge in [0.1, 0.15) is 11.5 Å². The number of ether oxygens (including phenoxy) is 2. The van der Waals surface area contributed by atoms with Crippen molar-refractivity contribution in [2.24, 2.45) is 0 Å². The van der Waals surface area contributed by atoms with E-state index in [9.17, 15) is 4.79 Å². The third-order valence-electron chi connectivity index (χ3n) is 3.14. The molecule has 18 heavy (non-hydrogen) atoms. The minimum absolute atomic E-state index is 0.0692. The van der Waals surface area contributed by atoms with Gasteiger partial charge in [-0.15, -0.1) is 0 Å². The van der Waals surface area contributed by atoms with Crippen molar-refractivity contribution in [3.63, 3.8) is 0 Å². The minimum atomic E-state index is 0.0692. The summed E-state index contributed by atoms with van der Waals surface area (Å²) in [5.74, 6) is 2.56. The number of hydrogen-bond donors (Lipinski definition) is 0. The summed E-state index contributed by atoms with van der Waals surface area (Å²) in [7, 11) is 3.19. The quantitative estimate of drug-likeness (QED) is 0.784. The largest absolute Gasteiger partial charge is 0.497 e. The Kier molecular flexibility index (Phi) is 4.53. The first kappa shape index (κ1) is 13.3. The van der Waals surface area contributed by atoms with Crippen LogP contribution in [0.3, 0.4) is 0 Å². The summed E-state index contributed by atoms with van der Waals surface area (Å²) in [5, 5.41) is 0.0692. The molecule has 0 bridgehead atoms. The van der Waals surface area contributed by atoms with Gasteiger partial charge in [-0.3, -0.25) is 4.79 Å². The molecule has 98 valence electrons. The molecule has 1 atom stereocenters. The zero-order chi connectivity index (χ0) is 13.0. The fourth-order valence-electron chi connectivity index (χ4n) is 2.13. The predicted molar refractivity (Wildman–Crippen MR) is 74.0 cm³/mol. The van der Waals surface area contributed by atoms with E-state index in [1.807, 2.05) is 6.07 Å². The summed E-state index contributed by atoms with van der Waals surface area (Å²) >= 11 is 1.75. The van der Waals surface area contributed by atoms with Crippen LogP contribution in [0, 0.1) is 0 Å². The van der Waals surface area contributed by atoms with Crippen LogP contribution in [0.25, 0.3) is 0 Å². The van der Waals surface area contributed by atoms with Crippen LogP contribution in [0.4, 0.5) is 0 Å². The normalized spacial score (nSPS) is 19.3. The van der Waals surface area contributed by atoms with Crippen LogP contribution in [-0.4, -0.2) is 31.0 Å². The van der Waals surface area contributed by atoms with Crippen molar-refractivity contribution in [2.75, 3.05) is 20.0 Å². The second kappa shape index (κ2) is 6.14. The summed E-state index contributed by atoms with van der Waals surface area (Å²) in [6.07, 6.45) is 3.31. The molecule has 1 fully saturated rings. The molecule has 0 radical (unpaired) electrons. The van der Waals surface area contributed by atoms with Gasteiger partial charge in [-0.2, -0.15) is 11.8 Å². The van der Waals surface area contributed by atoms with Gasteiger partial charge >= 0.3 is 0 Å². The van der Waals surface area contributed by atoms with E-state index in [2.05, 4.69) is 0 Å². The van der Waals surface area contributed by atoms with Crippen LogP contribution in [-0.2, 0) is 0 Å². The molecule has 3 nitrogen and oxygen atoms in total. The second-order valence-electron chi connectivity index (χ2n) is 4.29. The average molecular weight is 266 g/mol. The standard InChI is InChI=1S/C14H18O3S/c1-16-10-6-7-12(17-2)11(9-10)14(15)13-5-3-4-8-18-13/h6-7,9,13H,3-5,8H2,1-2H3. The molecular weight excluding hydrogens is 248 g/mol. The first-order chi connectivity index (χ1) is 8.76. The highest BCUT2D eigenvalue weighted by molar-refractivity contribution is 8.00. The lowest BCUT2D eigenvalue weighted by molar-refractivity contribution is 0.0981. The molecule has 0 amide bonds. The smallest absolute Gasteiger partial charge is 0.179 e. The van der Waals surface area contributed by atoms with E-state index in [1.54, 1.807) is 38.1 Å². The van der Waals surface area contributed by atoms with Gasteiger partial charge in [0.2, 0.25) is 0 Å². The van der Waals surface area contributed by atoms with Gasteiger partial charge in [0.05, 0.1) is 25.0 Å². The van der Waals surface area contributed by atoms with Crippen molar-refractivity contribution in [2.45, 2.75) is 24.5 Å². The topological polar surface area (TPSA) is 35.5 Å². The Bertz CT molecular complexity index is 425. The van der Waals surface area contributed by atoms with E-state index >= 15 is 0 Å². The number of rotatable bonds is 4. The van der Waals surface area contributed by atoms with Crippen molar-refractivity contribution < 1.29 is 14.3 Å². The second-order valence-corrected chi connectivity index (χ2v) is 5.60. The molecule has 1 aliphatic heterocycles. The number of carbonyl (C=O) groups is 1. The van der Waals surface area contributed by atoms with Crippen LogP contribution < -0.4 is 9.47 Å². The van der Waals surface area contributed by atoms with E-state index in [-0.39, 0.29) is 11.0 Å². The van der Waals surface area contributed by atoms with E-state index in [0.29, 0.717) is 17.1 Å². The minimum Gasteiger partial charge on any atom is -0.497 e. The van der Waals surface area contributed by atoms with E-state index in [4.69, 9.17) is 9.47 Å². The van der Waals surface area contributed by atoms with Gasteiger partial charge in [0.15, 0.2) is 5.78 Å². The maximum Gasteiger partial charge on any atom is 0.179 e. The molecule has 0 saturated carbocycles. The van der Waals surface area contributed by atoms with Gasteiger partial charge in [-0.25, -0.2) is 0 Å². The highest BCUT2D eigenvalue weighted by Crippen LogP contribution is 2.32. The van der Waals surface area contributed by atoms with Gasteiger partial charge in [-0.1, -0.05) is 6.42 Å². The Labute approximate surface area is 112 Å². The molecule has 1 aliphatic rings. The zero-order valence-electron chi connectivity index (χ0n) is 10.8. The van der Waals surface area contributed by atoms with E-state index in [0.717, 1.165) is 18.6 Å². The van der Waals surface area contributed by atoms with Crippen LogP contribution in [0.2, 0.25) is 0 Å². The van der Waals surface area contributed by atoms with Crippen molar-refractivity contribution in [3.05, 3.63) is 23.8 Å². The van der Waals surface area contributed by atoms with Crippen LogP contribution in [0.1, 0.15) is 29.6 Å². The lowest BCUT2D eigenvalue weighted by Crippen LogP contribution is -2.21. The van der Waals surface area contributed by atoms with Crippen LogP contribution in [0.5, 0.6) is 11.5 Å². The number of Topliss-reactive ketones (excluding diaryl/α,β-unsaturated/α-hetero) is 1. The van der Waals surface area contributed by atoms with Crippen molar-refractivity contribution >= 4 is 17.5 Å². The lowest BCUT2D eigenvalue weighted by atomic mass is 10.0. The molecule has 4 heteroatoms. The Morgan fingerprint density at radius 3 is 2.72 bits per heavy atom. The third-order valence-corrected chi connectivity index (χ3v) is 4.52. The predicted octanol–water partition coefficient (Wildman–Crippen LogP) is 3.17.